The van der Waals surface area contributed by atoms with Gasteiger partial charge in [-0.1, -0.05) is 89.5 Å². The summed E-state index contributed by atoms with van der Waals surface area (Å²) >= 11 is 0. The molecule has 0 aromatic rings. The first-order valence-corrected chi connectivity index (χ1v) is 14.6. The molecule has 1 aliphatic heterocycles. The Kier molecular flexibility index (Phi) is 19.6. The molecule has 7 unspecified atom stereocenters. The third kappa shape index (κ3) is 14.2. The smallest absolute Gasteiger partial charge is 0.220 e. The summed E-state index contributed by atoms with van der Waals surface area (Å²) in [5.74, 6) is -0.278. The highest BCUT2D eigenvalue weighted by molar-refractivity contribution is 5.75. The molecule has 0 bridgehead atoms. The van der Waals surface area contributed by atoms with Crippen LogP contribution in [-0.2, 0) is 14.3 Å². The Hall–Kier alpha value is -1.33. The van der Waals surface area contributed by atoms with E-state index < -0.39 is 49.5 Å². The first kappa shape index (κ1) is 34.7. The first-order chi connectivity index (χ1) is 18.3. The van der Waals surface area contributed by atoms with Gasteiger partial charge >= 0.3 is 0 Å². The van der Waals surface area contributed by atoms with Crippen LogP contribution in [0.5, 0.6) is 0 Å². The summed E-state index contributed by atoms with van der Waals surface area (Å²) in [5, 5.41) is 52.6. The van der Waals surface area contributed by atoms with Gasteiger partial charge in [-0.3, -0.25) is 4.79 Å². The molecule has 1 aliphatic rings. The minimum absolute atomic E-state index is 0.210. The molecule has 1 rings (SSSR count). The van der Waals surface area contributed by atoms with Gasteiger partial charge in [-0.2, -0.15) is 0 Å². The predicted molar refractivity (Wildman–Crippen MR) is 147 cm³/mol. The third-order valence-electron chi connectivity index (χ3n) is 6.84. The van der Waals surface area contributed by atoms with Gasteiger partial charge in [-0.25, -0.2) is 0 Å². The van der Waals surface area contributed by atoms with Crippen LogP contribution in [0.3, 0.4) is 0 Å². The van der Waals surface area contributed by atoms with Crippen LogP contribution in [0.25, 0.3) is 0 Å². The summed E-state index contributed by atoms with van der Waals surface area (Å²) in [6.45, 7) is 3.15. The van der Waals surface area contributed by atoms with Gasteiger partial charge in [-0.05, 0) is 25.7 Å². The summed E-state index contributed by atoms with van der Waals surface area (Å²) in [6, 6.07) is -0.812. The Morgan fingerprint density at radius 1 is 0.868 bits per heavy atom. The number of ether oxygens (including phenoxy) is 2. The minimum Gasteiger partial charge on any atom is -0.394 e. The molecule has 0 spiro atoms. The third-order valence-corrected chi connectivity index (χ3v) is 6.84. The summed E-state index contributed by atoms with van der Waals surface area (Å²) in [5.41, 5.74) is 0. The number of carbonyl (C=O) groups excluding carboxylic acids is 1. The standard InChI is InChI=1S/C29H53NO8/c1-3-5-6-7-8-9-10-11-12-13-14-15-16-17-18-19-23(32)22(30-25(33)4-2)21-37-29-28(36)27(35)26(34)24(20-31)38-29/h14-15,18-19,22-24,26-29,31-32,34-36H,3-13,16-17,20-21H2,1-2H3,(H,30,33)/b15-14+,19-18+. The van der Waals surface area contributed by atoms with E-state index in [1.54, 1.807) is 13.0 Å². The molecule has 6 N–H and O–H groups in total. The average molecular weight is 544 g/mol. The molecule has 0 aromatic carbocycles. The summed E-state index contributed by atoms with van der Waals surface area (Å²) in [4.78, 5) is 12.0. The second-order valence-electron chi connectivity index (χ2n) is 10.1. The number of nitrogens with one attached hydrogen (secondary N) is 1. The van der Waals surface area contributed by atoms with Crippen molar-refractivity contribution >= 4 is 5.91 Å². The van der Waals surface area contributed by atoms with E-state index in [1.165, 1.54) is 57.8 Å². The fraction of sp³-hybridized carbons (Fsp3) is 0.828. The molecule has 9 nitrogen and oxygen atoms in total. The van der Waals surface area contributed by atoms with Crippen LogP contribution in [0.4, 0.5) is 0 Å². The zero-order valence-electron chi connectivity index (χ0n) is 23.4. The monoisotopic (exact) mass is 543 g/mol. The zero-order chi connectivity index (χ0) is 28.2. The molecule has 38 heavy (non-hydrogen) atoms. The van der Waals surface area contributed by atoms with Crippen molar-refractivity contribution < 1.29 is 39.8 Å². The van der Waals surface area contributed by atoms with Crippen molar-refractivity contribution in [3.63, 3.8) is 0 Å². The number of allylic oxidation sites excluding steroid dienone is 3. The summed E-state index contributed by atoms with van der Waals surface area (Å²) < 4.78 is 10.9. The fourth-order valence-corrected chi connectivity index (χ4v) is 4.31. The van der Waals surface area contributed by atoms with E-state index in [2.05, 4.69) is 24.4 Å². The lowest BCUT2D eigenvalue weighted by atomic mass is 9.99. The summed E-state index contributed by atoms with van der Waals surface area (Å²) in [7, 11) is 0. The second kappa shape index (κ2) is 21.5. The van der Waals surface area contributed by atoms with E-state index in [0.717, 1.165) is 19.3 Å². The maximum absolute atomic E-state index is 12.0. The Balaban J connectivity index is 2.35. The molecule has 7 atom stereocenters. The van der Waals surface area contributed by atoms with E-state index in [4.69, 9.17) is 9.47 Å². The fourth-order valence-electron chi connectivity index (χ4n) is 4.31. The highest BCUT2D eigenvalue weighted by atomic mass is 16.7. The number of aliphatic hydroxyl groups is 5. The lowest BCUT2D eigenvalue weighted by Gasteiger charge is -2.40. The number of carbonyl (C=O) groups is 1. The Labute approximate surface area is 228 Å². The van der Waals surface area contributed by atoms with Crippen LogP contribution in [0.2, 0.25) is 0 Å². The molecule has 0 saturated carbocycles. The Morgan fingerprint density at radius 2 is 1.47 bits per heavy atom. The molecule has 0 radical (unpaired) electrons. The van der Waals surface area contributed by atoms with Crippen molar-refractivity contribution in [2.75, 3.05) is 13.2 Å². The highest BCUT2D eigenvalue weighted by Gasteiger charge is 2.44. The van der Waals surface area contributed by atoms with Crippen LogP contribution < -0.4 is 5.32 Å². The quantitative estimate of drug-likeness (QED) is 0.0956. The lowest BCUT2D eigenvalue weighted by Crippen LogP contribution is -2.60. The molecule has 9 heteroatoms. The SMILES string of the molecule is CCCCCCCCCCC/C=C/CC/C=C/C(O)C(COC1OC(CO)C(O)C(O)C1O)NC(=O)CC. The van der Waals surface area contributed by atoms with Crippen LogP contribution >= 0.6 is 0 Å². The van der Waals surface area contributed by atoms with Crippen molar-refractivity contribution in [3.8, 4) is 0 Å². The van der Waals surface area contributed by atoms with Crippen molar-refractivity contribution in [2.24, 2.45) is 0 Å². The van der Waals surface area contributed by atoms with Gasteiger partial charge in [0.05, 0.1) is 25.4 Å². The normalized spacial score (nSPS) is 25.7. The van der Waals surface area contributed by atoms with E-state index in [-0.39, 0.29) is 18.9 Å². The number of unbranched alkanes of at least 4 members (excludes halogenated alkanes) is 10. The van der Waals surface area contributed by atoms with Crippen LogP contribution in [0, 0.1) is 0 Å². The lowest BCUT2D eigenvalue weighted by molar-refractivity contribution is -0.302. The second-order valence-corrected chi connectivity index (χ2v) is 10.1. The van der Waals surface area contributed by atoms with Gasteiger partial charge in [0.1, 0.15) is 24.4 Å². The molecule has 1 heterocycles. The average Bonchev–Trinajstić information content (AvgIpc) is 2.92. The van der Waals surface area contributed by atoms with Crippen LogP contribution in [0.15, 0.2) is 24.3 Å². The van der Waals surface area contributed by atoms with Gasteiger partial charge in [0.25, 0.3) is 0 Å². The Bertz CT molecular complexity index is 656. The van der Waals surface area contributed by atoms with E-state index >= 15 is 0 Å². The zero-order valence-corrected chi connectivity index (χ0v) is 23.4. The molecule has 222 valence electrons. The first-order valence-electron chi connectivity index (χ1n) is 14.6. The van der Waals surface area contributed by atoms with Crippen LogP contribution in [-0.4, -0.2) is 87.5 Å². The molecule has 1 saturated heterocycles. The highest BCUT2D eigenvalue weighted by Crippen LogP contribution is 2.22. The topological polar surface area (TPSA) is 149 Å². The van der Waals surface area contributed by atoms with E-state index in [9.17, 15) is 30.3 Å². The van der Waals surface area contributed by atoms with E-state index in [1.807, 2.05) is 6.08 Å². The molecular formula is C29H53NO8. The van der Waals surface area contributed by atoms with Gasteiger partial charge in [0.15, 0.2) is 6.29 Å². The summed E-state index contributed by atoms with van der Waals surface area (Å²) in [6.07, 6.45) is 14.6. The van der Waals surface area contributed by atoms with Gasteiger partial charge in [-0.15, -0.1) is 0 Å². The van der Waals surface area contributed by atoms with Gasteiger partial charge < -0.3 is 40.3 Å². The number of aliphatic hydroxyl groups excluding tert-OH is 5. The van der Waals surface area contributed by atoms with Crippen molar-refractivity contribution in [3.05, 3.63) is 24.3 Å². The molecule has 0 aliphatic carbocycles. The van der Waals surface area contributed by atoms with Gasteiger partial charge in [0, 0.05) is 6.42 Å². The number of hydrogen-bond donors (Lipinski definition) is 6. The predicted octanol–water partition coefficient (Wildman–Crippen LogP) is 2.87. The van der Waals surface area contributed by atoms with Gasteiger partial charge in [0.2, 0.25) is 5.91 Å². The molecular weight excluding hydrogens is 490 g/mol. The minimum atomic E-state index is -1.56. The number of hydrogen-bond acceptors (Lipinski definition) is 8. The molecule has 1 fully saturated rings. The van der Waals surface area contributed by atoms with Crippen molar-refractivity contribution in [1.82, 2.24) is 5.32 Å². The Morgan fingerprint density at radius 3 is 2.11 bits per heavy atom. The van der Waals surface area contributed by atoms with Crippen LogP contribution in [0.1, 0.15) is 97.3 Å². The van der Waals surface area contributed by atoms with Crippen molar-refractivity contribution in [2.45, 2.75) is 140 Å². The molecule has 0 aromatic heterocycles. The maximum atomic E-state index is 12.0. The van der Waals surface area contributed by atoms with Crippen molar-refractivity contribution in [1.29, 1.82) is 0 Å². The maximum Gasteiger partial charge on any atom is 0.220 e. The van der Waals surface area contributed by atoms with E-state index in [0.29, 0.717) is 0 Å². The number of amides is 1. The largest absolute Gasteiger partial charge is 0.394 e. The molecule has 1 amide bonds. The number of rotatable bonds is 21.